The number of carbonyl (C=O) groups is 1. The van der Waals surface area contributed by atoms with E-state index in [0.717, 1.165) is 24.8 Å². The number of nitrogens with one attached hydrogen (secondary N) is 1. The van der Waals surface area contributed by atoms with Crippen LogP contribution >= 0.6 is 0 Å². The molecule has 0 radical (unpaired) electrons. The first-order valence-electron chi connectivity index (χ1n) is 8.50. The van der Waals surface area contributed by atoms with Crippen molar-refractivity contribution in [3.05, 3.63) is 41.1 Å². The molecule has 27 heavy (non-hydrogen) atoms. The van der Waals surface area contributed by atoms with Crippen LogP contribution in [0.1, 0.15) is 26.7 Å². The molecule has 0 aromatic carbocycles. The van der Waals surface area contributed by atoms with Gasteiger partial charge < -0.3 is 4.57 Å². The molecule has 2 aromatic rings. The molecule has 0 aliphatic rings. The van der Waals surface area contributed by atoms with Crippen molar-refractivity contribution >= 4 is 15.7 Å². The van der Waals surface area contributed by atoms with Crippen LogP contribution in [0.3, 0.4) is 0 Å². The molecule has 1 unspecified atom stereocenters. The number of hydrogen-bond acceptors (Lipinski definition) is 6. The van der Waals surface area contributed by atoms with Crippen molar-refractivity contribution in [1.82, 2.24) is 19.8 Å². The highest BCUT2D eigenvalue weighted by atomic mass is 32.2. The predicted molar refractivity (Wildman–Crippen MR) is 100 cm³/mol. The zero-order valence-electron chi connectivity index (χ0n) is 15.5. The summed E-state index contributed by atoms with van der Waals surface area (Å²) in [6.45, 7) is 4.05. The molecule has 10 heteroatoms. The summed E-state index contributed by atoms with van der Waals surface area (Å²) < 4.78 is 25.3. The van der Waals surface area contributed by atoms with Gasteiger partial charge in [0.15, 0.2) is 14.6 Å². The number of sulfone groups is 1. The fourth-order valence-electron chi connectivity index (χ4n) is 2.66. The van der Waals surface area contributed by atoms with Crippen molar-refractivity contribution in [3.63, 3.8) is 0 Å². The summed E-state index contributed by atoms with van der Waals surface area (Å²) >= 11 is 0. The number of nitrogens with zero attached hydrogens (tertiary/aromatic N) is 3. The SMILES string of the molecule is CCCn1cc(-c2ccn(CCC(C)(C(=O)NO)S(C)(=O)=O)c(=O)c2)cn1. The van der Waals surface area contributed by atoms with E-state index in [1.54, 1.807) is 23.1 Å². The zero-order valence-corrected chi connectivity index (χ0v) is 16.4. The zero-order chi connectivity index (χ0) is 20.2. The summed E-state index contributed by atoms with van der Waals surface area (Å²) in [4.78, 5) is 24.2. The molecule has 0 bridgehead atoms. The second-order valence-electron chi connectivity index (χ2n) is 6.63. The van der Waals surface area contributed by atoms with E-state index < -0.39 is 20.5 Å². The minimum Gasteiger partial charge on any atom is -0.315 e. The molecule has 2 N–H and O–H groups in total. The Labute approximate surface area is 157 Å². The van der Waals surface area contributed by atoms with E-state index in [4.69, 9.17) is 5.21 Å². The van der Waals surface area contributed by atoms with Crippen molar-refractivity contribution in [1.29, 1.82) is 0 Å². The smallest absolute Gasteiger partial charge is 0.264 e. The molecule has 0 fully saturated rings. The summed E-state index contributed by atoms with van der Waals surface area (Å²) in [5.74, 6) is -1.03. The van der Waals surface area contributed by atoms with E-state index in [9.17, 15) is 18.0 Å². The molecule has 0 aliphatic heterocycles. The summed E-state index contributed by atoms with van der Waals surface area (Å²) in [6.07, 6.45) is 6.79. The lowest BCUT2D eigenvalue weighted by Gasteiger charge is -2.25. The average molecular weight is 396 g/mol. The summed E-state index contributed by atoms with van der Waals surface area (Å²) in [7, 11) is -3.81. The van der Waals surface area contributed by atoms with Gasteiger partial charge >= 0.3 is 0 Å². The molecule has 1 amide bonds. The number of aromatic nitrogens is 3. The first kappa shape index (κ1) is 20.8. The third kappa shape index (κ3) is 4.45. The van der Waals surface area contributed by atoms with E-state index >= 15 is 0 Å². The Morgan fingerprint density at radius 1 is 1.33 bits per heavy atom. The fourth-order valence-corrected chi connectivity index (χ4v) is 3.50. The van der Waals surface area contributed by atoms with Crippen LogP contribution in [0, 0.1) is 0 Å². The Bertz CT molecular complexity index is 979. The van der Waals surface area contributed by atoms with E-state index in [2.05, 4.69) is 5.10 Å². The molecule has 0 saturated heterocycles. The Balaban J connectivity index is 2.23. The highest BCUT2D eigenvalue weighted by Crippen LogP contribution is 2.22. The summed E-state index contributed by atoms with van der Waals surface area (Å²) in [6, 6.07) is 3.18. The quantitative estimate of drug-likeness (QED) is 0.503. The largest absolute Gasteiger partial charge is 0.315 e. The van der Waals surface area contributed by atoms with Crippen LogP contribution in [0.25, 0.3) is 11.1 Å². The van der Waals surface area contributed by atoms with Crippen LogP contribution in [0.15, 0.2) is 35.5 Å². The maximum atomic E-state index is 12.4. The van der Waals surface area contributed by atoms with Gasteiger partial charge in [0.2, 0.25) is 0 Å². The molecule has 2 aromatic heterocycles. The Hall–Kier alpha value is -2.46. The van der Waals surface area contributed by atoms with Crippen LogP contribution in [0.5, 0.6) is 0 Å². The van der Waals surface area contributed by atoms with Crippen molar-refractivity contribution in [2.75, 3.05) is 6.26 Å². The van der Waals surface area contributed by atoms with Gasteiger partial charge in [0, 0.05) is 43.4 Å². The van der Waals surface area contributed by atoms with Gasteiger partial charge in [0.1, 0.15) is 0 Å². The Morgan fingerprint density at radius 2 is 2.04 bits per heavy atom. The predicted octanol–water partition coefficient (Wildman–Crippen LogP) is 0.821. The molecule has 0 spiro atoms. The van der Waals surface area contributed by atoms with Gasteiger partial charge in [0.05, 0.1) is 6.20 Å². The summed E-state index contributed by atoms with van der Waals surface area (Å²) in [5.41, 5.74) is 2.59. The number of hydroxylamine groups is 1. The van der Waals surface area contributed by atoms with Crippen LogP contribution in [-0.2, 0) is 27.7 Å². The Morgan fingerprint density at radius 3 is 2.59 bits per heavy atom. The maximum Gasteiger partial charge on any atom is 0.264 e. The third-order valence-electron chi connectivity index (χ3n) is 4.65. The number of amides is 1. The van der Waals surface area contributed by atoms with Crippen LogP contribution in [0.4, 0.5) is 0 Å². The number of hydrogen-bond donors (Lipinski definition) is 2. The number of rotatable bonds is 8. The average Bonchev–Trinajstić information content (AvgIpc) is 3.07. The molecule has 0 aliphatic carbocycles. The monoisotopic (exact) mass is 396 g/mol. The molecule has 0 saturated carbocycles. The standard InChI is InChI=1S/C17H24N4O5S/c1-4-7-21-12-14(11-18-21)13-5-8-20(15(22)10-13)9-6-17(2,16(23)19-24)27(3,25)26/h5,8,10-12,24H,4,6-7,9H2,1-3H3,(H,19,23). The van der Waals surface area contributed by atoms with E-state index in [0.29, 0.717) is 5.56 Å². The number of carbonyl (C=O) groups excluding carboxylic acids is 1. The second kappa shape index (κ2) is 8.05. The molecule has 148 valence electrons. The second-order valence-corrected chi connectivity index (χ2v) is 9.08. The van der Waals surface area contributed by atoms with Gasteiger partial charge in [-0.2, -0.15) is 5.10 Å². The van der Waals surface area contributed by atoms with E-state index in [1.807, 2.05) is 13.1 Å². The lowest BCUT2D eigenvalue weighted by atomic mass is 10.1. The van der Waals surface area contributed by atoms with Crippen molar-refractivity contribution < 1.29 is 18.4 Å². The third-order valence-corrected chi connectivity index (χ3v) is 6.67. The molecular weight excluding hydrogens is 372 g/mol. The normalized spacial score (nSPS) is 13.9. The molecule has 1 atom stereocenters. The van der Waals surface area contributed by atoms with Gasteiger partial charge in [-0.05, 0) is 31.4 Å². The Kier molecular flexibility index (Phi) is 6.22. The van der Waals surface area contributed by atoms with E-state index in [1.165, 1.54) is 23.0 Å². The van der Waals surface area contributed by atoms with Gasteiger partial charge in [-0.15, -0.1) is 0 Å². The number of pyridine rings is 1. The molecule has 9 nitrogen and oxygen atoms in total. The maximum absolute atomic E-state index is 12.4. The first-order chi connectivity index (χ1) is 12.6. The highest BCUT2D eigenvalue weighted by molar-refractivity contribution is 7.92. The van der Waals surface area contributed by atoms with Crippen molar-refractivity contribution in [3.8, 4) is 11.1 Å². The van der Waals surface area contributed by atoms with Gasteiger partial charge in [-0.3, -0.25) is 19.5 Å². The lowest BCUT2D eigenvalue weighted by Crippen LogP contribution is -2.49. The van der Waals surface area contributed by atoms with E-state index in [-0.39, 0.29) is 18.5 Å². The van der Waals surface area contributed by atoms with Crippen molar-refractivity contribution in [2.24, 2.45) is 0 Å². The van der Waals surface area contributed by atoms with Gasteiger partial charge in [0.25, 0.3) is 11.5 Å². The lowest BCUT2D eigenvalue weighted by molar-refractivity contribution is -0.131. The molecule has 2 heterocycles. The molecular formula is C17H24N4O5S. The van der Waals surface area contributed by atoms with Crippen molar-refractivity contribution in [2.45, 2.75) is 44.5 Å². The minimum atomic E-state index is -3.81. The summed E-state index contributed by atoms with van der Waals surface area (Å²) in [5, 5.41) is 13.1. The molecule has 2 rings (SSSR count). The topological polar surface area (TPSA) is 123 Å². The van der Waals surface area contributed by atoms with Gasteiger partial charge in [-0.25, -0.2) is 13.9 Å². The van der Waals surface area contributed by atoms with Crippen LogP contribution < -0.4 is 11.0 Å². The van der Waals surface area contributed by atoms with Gasteiger partial charge in [-0.1, -0.05) is 6.92 Å². The minimum absolute atomic E-state index is 0.00516. The number of aryl methyl sites for hydroxylation is 2. The van der Waals surface area contributed by atoms with Crippen LogP contribution in [-0.4, -0.2) is 44.9 Å². The first-order valence-corrected chi connectivity index (χ1v) is 10.4. The highest BCUT2D eigenvalue weighted by Gasteiger charge is 2.43. The van der Waals surface area contributed by atoms with Crippen LogP contribution in [0.2, 0.25) is 0 Å². The fraction of sp³-hybridized carbons (Fsp3) is 0.471.